The number of hydrogen-bond acceptors (Lipinski definition) is 4. The van der Waals surface area contributed by atoms with Gasteiger partial charge in [0, 0.05) is 30.4 Å². The number of likely N-dealkylation sites (tertiary alicyclic amines) is 1. The van der Waals surface area contributed by atoms with Gasteiger partial charge in [-0.1, -0.05) is 0 Å². The zero-order chi connectivity index (χ0) is 15.6. The van der Waals surface area contributed by atoms with Crippen molar-refractivity contribution in [1.29, 1.82) is 0 Å². The molecule has 1 fully saturated rings. The molecule has 0 aromatic heterocycles. The van der Waals surface area contributed by atoms with Crippen molar-refractivity contribution in [2.75, 3.05) is 25.4 Å². The monoisotopic (exact) mass is 291 g/mol. The predicted molar refractivity (Wildman–Crippen MR) is 79.8 cm³/mol. The Balaban J connectivity index is 2.19. The lowest BCUT2D eigenvalue weighted by Gasteiger charge is -2.21. The molecule has 0 spiro atoms. The summed E-state index contributed by atoms with van der Waals surface area (Å²) in [6.07, 6.45) is 0.578. The van der Waals surface area contributed by atoms with Crippen LogP contribution in [0.25, 0.3) is 0 Å². The van der Waals surface area contributed by atoms with E-state index in [-0.39, 0.29) is 11.8 Å². The quantitative estimate of drug-likeness (QED) is 0.809. The first-order valence-electron chi connectivity index (χ1n) is 6.98. The van der Waals surface area contributed by atoms with E-state index >= 15 is 0 Å². The van der Waals surface area contributed by atoms with Crippen LogP contribution in [0.2, 0.25) is 0 Å². The van der Waals surface area contributed by atoms with Gasteiger partial charge in [0.2, 0.25) is 5.91 Å². The van der Waals surface area contributed by atoms with E-state index in [1.54, 1.807) is 30.0 Å². The minimum absolute atomic E-state index is 0.159. The summed E-state index contributed by atoms with van der Waals surface area (Å²) in [5.41, 5.74) is 11.5. The average molecular weight is 291 g/mol. The van der Waals surface area contributed by atoms with Crippen LogP contribution in [0.4, 0.5) is 5.69 Å². The SMILES string of the molecule is CCOc1cc(N)cc(C(=O)N2CCC(C)(C(N)=O)C2)c1. The van der Waals surface area contributed by atoms with Crippen LogP contribution in [0.15, 0.2) is 18.2 Å². The first kappa shape index (κ1) is 15.2. The molecule has 0 bridgehead atoms. The summed E-state index contributed by atoms with van der Waals surface area (Å²) < 4.78 is 5.39. The highest BCUT2D eigenvalue weighted by molar-refractivity contribution is 5.96. The molecule has 1 aromatic rings. The molecule has 1 unspecified atom stereocenters. The Labute approximate surface area is 124 Å². The molecule has 114 valence electrons. The van der Waals surface area contributed by atoms with E-state index in [0.29, 0.717) is 43.1 Å². The molecule has 1 atom stereocenters. The number of hydrogen-bond donors (Lipinski definition) is 2. The number of carbonyl (C=O) groups excluding carboxylic acids is 2. The van der Waals surface area contributed by atoms with Crippen LogP contribution in [0.1, 0.15) is 30.6 Å². The number of anilines is 1. The largest absolute Gasteiger partial charge is 0.494 e. The molecule has 6 nitrogen and oxygen atoms in total. The lowest BCUT2D eigenvalue weighted by molar-refractivity contribution is -0.126. The molecule has 0 radical (unpaired) electrons. The van der Waals surface area contributed by atoms with E-state index in [1.165, 1.54) is 0 Å². The number of primary amides is 1. The highest BCUT2D eigenvalue weighted by Crippen LogP contribution is 2.31. The van der Waals surface area contributed by atoms with E-state index in [1.807, 2.05) is 6.92 Å². The molecule has 2 rings (SSSR count). The van der Waals surface area contributed by atoms with Gasteiger partial charge in [0.05, 0.1) is 12.0 Å². The highest BCUT2D eigenvalue weighted by atomic mass is 16.5. The lowest BCUT2D eigenvalue weighted by Crippen LogP contribution is -2.38. The van der Waals surface area contributed by atoms with Gasteiger partial charge in [-0.15, -0.1) is 0 Å². The van der Waals surface area contributed by atoms with Crippen molar-refractivity contribution in [1.82, 2.24) is 4.90 Å². The number of ether oxygens (including phenoxy) is 1. The van der Waals surface area contributed by atoms with Crippen LogP contribution >= 0.6 is 0 Å². The minimum Gasteiger partial charge on any atom is -0.494 e. The summed E-state index contributed by atoms with van der Waals surface area (Å²) in [7, 11) is 0. The fourth-order valence-electron chi connectivity index (χ4n) is 2.51. The van der Waals surface area contributed by atoms with Crippen molar-refractivity contribution in [3.8, 4) is 5.75 Å². The Bertz CT molecular complexity index is 573. The Morgan fingerprint density at radius 3 is 2.67 bits per heavy atom. The standard InChI is InChI=1S/C15H21N3O3/c1-3-21-12-7-10(6-11(16)8-12)13(19)18-5-4-15(2,9-18)14(17)20/h6-8H,3-5,9,16H2,1-2H3,(H2,17,20). The Morgan fingerprint density at radius 2 is 2.10 bits per heavy atom. The number of nitrogens with zero attached hydrogens (tertiary/aromatic N) is 1. The molecular weight excluding hydrogens is 270 g/mol. The molecule has 6 heteroatoms. The molecule has 1 aliphatic heterocycles. The molecule has 1 aromatic carbocycles. The maximum absolute atomic E-state index is 12.5. The third-order valence-corrected chi connectivity index (χ3v) is 3.84. The Kier molecular flexibility index (Phi) is 4.06. The molecule has 0 saturated carbocycles. The molecule has 2 amide bonds. The van der Waals surface area contributed by atoms with Gasteiger partial charge < -0.3 is 21.1 Å². The molecule has 1 saturated heterocycles. The van der Waals surface area contributed by atoms with Crippen LogP contribution in [-0.4, -0.2) is 36.4 Å². The van der Waals surface area contributed by atoms with Crippen molar-refractivity contribution >= 4 is 17.5 Å². The molecule has 1 aliphatic rings. The normalized spacial score (nSPS) is 21.3. The van der Waals surface area contributed by atoms with Gasteiger partial charge in [-0.3, -0.25) is 9.59 Å². The van der Waals surface area contributed by atoms with Crippen molar-refractivity contribution in [2.24, 2.45) is 11.1 Å². The number of carbonyl (C=O) groups is 2. The molecule has 1 heterocycles. The summed E-state index contributed by atoms with van der Waals surface area (Å²) in [6, 6.07) is 4.96. The van der Waals surface area contributed by atoms with Crippen LogP contribution in [0.3, 0.4) is 0 Å². The second-order valence-electron chi connectivity index (χ2n) is 5.63. The topological polar surface area (TPSA) is 98.7 Å². The van der Waals surface area contributed by atoms with E-state index in [0.717, 1.165) is 0 Å². The summed E-state index contributed by atoms with van der Waals surface area (Å²) in [4.78, 5) is 25.6. The van der Waals surface area contributed by atoms with Crippen molar-refractivity contribution in [3.05, 3.63) is 23.8 Å². The van der Waals surface area contributed by atoms with E-state index in [9.17, 15) is 9.59 Å². The van der Waals surface area contributed by atoms with Crippen molar-refractivity contribution in [2.45, 2.75) is 20.3 Å². The summed E-state index contributed by atoms with van der Waals surface area (Å²) in [5.74, 6) is 0.0336. The van der Waals surface area contributed by atoms with Crippen LogP contribution in [0.5, 0.6) is 5.75 Å². The summed E-state index contributed by atoms with van der Waals surface area (Å²) in [5, 5.41) is 0. The predicted octanol–water partition coefficient (Wildman–Crippen LogP) is 1.00. The van der Waals surface area contributed by atoms with Crippen LogP contribution < -0.4 is 16.2 Å². The van der Waals surface area contributed by atoms with E-state index in [4.69, 9.17) is 16.2 Å². The van der Waals surface area contributed by atoms with Gasteiger partial charge in [0.15, 0.2) is 0 Å². The zero-order valence-electron chi connectivity index (χ0n) is 12.4. The smallest absolute Gasteiger partial charge is 0.254 e. The fourth-order valence-corrected chi connectivity index (χ4v) is 2.51. The maximum Gasteiger partial charge on any atom is 0.254 e. The van der Waals surface area contributed by atoms with Gasteiger partial charge in [-0.05, 0) is 32.4 Å². The first-order valence-corrected chi connectivity index (χ1v) is 6.98. The summed E-state index contributed by atoms with van der Waals surface area (Å²) >= 11 is 0. The Hall–Kier alpha value is -2.24. The fraction of sp³-hybridized carbons (Fsp3) is 0.467. The van der Waals surface area contributed by atoms with Gasteiger partial charge in [-0.25, -0.2) is 0 Å². The second kappa shape index (κ2) is 5.63. The van der Waals surface area contributed by atoms with Gasteiger partial charge in [-0.2, -0.15) is 0 Å². The molecule has 21 heavy (non-hydrogen) atoms. The van der Waals surface area contributed by atoms with Gasteiger partial charge >= 0.3 is 0 Å². The third-order valence-electron chi connectivity index (χ3n) is 3.84. The van der Waals surface area contributed by atoms with Gasteiger partial charge in [0.25, 0.3) is 5.91 Å². The number of benzene rings is 1. The van der Waals surface area contributed by atoms with Crippen LogP contribution in [0, 0.1) is 5.41 Å². The highest BCUT2D eigenvalue weighted by Gasteiger charge is 2.40. The number of amides is 2. The van der Waals surface area contributed by atoms with Crippen molar-refractivity contribution in [3.63, 3.8) is 0 Å². The second-order valence-corrected chi connectivity index (χ2v) is 5.63. The first-order chi connectivity index (χ1) is 9.85. The Morgan fingerprint density at radius 1 is 1.38 bits per heavy atom. The average Bonchev–Trinajstić information content (AvgIpc) is 2.82. The summed E-state index contributed by atoms with van der Waals surface area (Å²) in [6.45, 7) is 4.99. The number of rotatable bonds is 4. The van der Waals surface area contributed by atoms with E-state index in [2.05, 4.69) is 0 Å². The van der Waals surface area contributed by atoms with E-state index < -0.39 is 5.41 Å². The molecule has 0 aliphatic carbocycles. The third kappa shape index (κ3) is 3.09. The molecule has 4 N–H and O–H groups in total. The minimum atomic E-state index is -0.654. The lowest BCUT2D eigenvalue weighted by atomic mass is 9.89. The van der Waals surface area contributed by atoms with Crippen molar-refractivity contribution < 1.29 is 14.3 Å². The van der Waals surface area contributed by atoms with Gasteiger partial charge in [0.1, 0.15) is 5.75 Å². The number of nitrogen functional groups attached to an aromatic ring is 1. The zero-order valence-corrected chi connectivity index (χ0v) is 12.4. The van der Waals surface area contributed by atoms with Crippen LogP contribution in [-0.2, 0) is 4.79 Å². The number of nitrogens with two attached hydrogens (primary N) is 2. The maximum atomic E-state index is 12.5. The molecular formula is C15H21N3O3.